The predicted molar refractivity (Wildman–Crippen MR) is 112 cm³/mol. The van der Waals surface area contributed by atoms with Gasteiger partial charge in [-0.15, -0.1) is 0 Å². The summed E-state index contributed by atoms with van der Waals surface area (Å²) in [5.74, 6) is 0. The number of aryl methyl sites for hydroxylation is 2. The van der Waals surface area contributed by atoms with Gasteiger partial charge in [0.15, 0.2) is 0 Å². The van der Waals surface area contributed by atoms with Crippen LogP contribution in [0.25, 0.3) is 11.1 Å². The summed E-state index contributed by atoms with van der Waals surface area (Å²) in [6, 6.07) is 18.1. The first kappa shape index (κ1) is 19.8. The van der Waals surface area contributed by atoms with E-state index in [0.717, 1.165) is 0 Å². The Morgan fingerprint density at radius 2 is 0.880 bits per heavy atom. The lowest BCUT2D eigenvalue weighted by Crippen LogP contribution is -1.95. The smallest absolute Gasteiger partial charge is 0.0149 e. The van der Waals surface area contributed by atoms with Crippen molar-refractivity contribution in [1.82, 2.24) is 0 Å². The molecule has 2 aromatic rings. The van der Waals surface area contributed by atoms with E-state index in [0.29, 0.717) is 0 Å². The maximum absolute atomic E-state index is 2.34. The van der Waals surface area contributed by atoms with Gasteiger partial charge in [-0.3, -0.25) is 0 Å². The summed E-state index contributed by atoms with van der Waals surface area (Å²) < 4.78 is 0. The predicted octanol–water partition coefficient (Wildman–Crippen LogP) is 7.99. The highest BCUT2D eigenvalue weighted by Crippen LogP contribution is 2.29. The zero-order valence-electron chi connectivity index (χ0n) is 16.4. The van der Waals surface area contributed by atoms with Crippen molar-refractivity contribution >= 4 is 0 Å². The lowest BCUT2D eigenvalue weighted by atomic mass is 9.91. The molecule has 0 fully saturated rings. The lowest BCUT2D eigenvalue weighted by Gasteiger charge is -2.14. The summed E-state index contributed by atoms with van der Waals surface area (Å²) in [6.45, 7) is 4.57. The highest BCUT2D eigenvalue weighted by molar-refractivity contribution is 5.70. The molecule has 2 rings (SSSR count). The Kier molecular flexibility index (Phi) is 9.41. The Morgan fingerprint density at radius 3 is 1.36 bits per heavy atom. The van der Waals surface area contributed by atoms with Crippen LogP contribution in [0.4, 0.5) is 0 Å². The summed E-state index contributed by atoms with van der Waals surface area (Å²) in [4.78, 5) is 0. The molecule has 0 amide bonds. The first-order chi connectivity index (χ1) is 12.4. The molecule has 0 nitrogen and oxygen atoms in total. The average molecular weight is 337 g/mol. The van der Waals surface area contributed by atoms with Gasteiger partial charge in [0, 0.05) is 0 Å². The van der Waals surface area contributed by atoms with Crippen molar-refractivity contribution < 1.29 is 0 Å². The maximum Gasteiger partial charge on any atom is -0.0149 e. The molecule has 0 saturated carbocycles. The van der Waals surface area contributed by atoms with Gasteiger partial charge in [-0.25, -0.2) is 0 Å². The van der Waals surface area contributed by atoms with Crippen LogP contribution in [-0.4, -0.2) is 0 Å². The van der Waals surface area contributed by atoms with Crippen LogP contribution in [-0.2, 0) is 12.8 Å². The molecule has 0 bridgehead atoms. The molecule has 0 N–H and O–H groups in total. The van der Waals surface area contributed by atoms with E-state index in [-0.39, 0.29) is 0 Å². The monoisotopic (exact) mass is 336 g/mol. The van der Waals surface area contributed by atoms with Crippen molar-refractivity contribution in [2.24, 2.45) is 0 Å². The molecule has 136 valence electrons. The van der Waals surface area contributed by atoms with Crippen LogP contribution >= 0.6 is 0 Å². The summed E-state index contributed by atoms with van der Waals surface area (Å²) in [5, 5.41) is 0. The first-order valence-corrected chi connectivity index (χ1v) is 10.5. The van der Waals surface area contributed by atoms with Crippen molar-refractivity contribution in [3.8, 4) is 11.1 Å². The molecule has 0 saturated heterocycles. The molecule has 2 aromatic carbocycles. The second kappa shape index (κ2) is 11.9. The number of rotatable bonds is 12. The Morgan fingerprint density at radius 1 is 0.480 bits per heavy atom. The van der Waals surface area contributed by atoms with Crippen molar-refractivity contribution in [3.63, 3.8) is 0 Å². The van der Waals surface area contributed by atoms with Gasteiger partial charge in [0.05, 0.1) is 0 Å². The molecular formula is C25H36. The van der Waals surface area contributed by atoms with Crippen molar-refractivity contribution in [3.05, 3.63) is 59.7 Å². The third-order valence-electron chi connectivity index (χ3n) is 5.17. The Hall–Kier alpha value is -1.56. The van der Waals surface area contributed by atoms with Crippen LogP contribution in [0.1, 0.15) is 82.8 Å². The number of benzene rings is 2. The minimum atomic E-state index is 1.21. The van der Waals surface area contributed by atoms with E-state index < -0.39 is 0 Å². The van der Waals surface area contributed by atoms with Crippen LogP contribution in [0, 0.1) is 0 Å². The Balaban J connectivity index is 2.07. The van der Waals surface area contributed by atoms with Gasteiger partial charge >= 0.3 is 0 Å². The van der Waals surface area contributed by atoms with E-state index >= 15 is 0 Å². The quantitative estimate of drug-likeness (QED) is 0.344. The van der Waals surface area contributed by atoms with Gasteiger partial charge in [0.1, 0.15) is 0 Å². The highest BCUT2D eigenvalue weighted by Gasteiger charge is 2.09. The largest absolute Gasteiger partial charge is 0.0654 e. The maximum atomic E-state index is 2.34. The zero-order chi connectivity index (χ0) is 17.7. The summed E-state index contributed by atoms with van der Waals surface area (Å²) in [7, 11) is 0. The van der Waals surface area contributed by atoms with Gasteiger partial charge in [0.2, 0.25) is 0 Å². The topological polar surface area (TPSA) is 0 Å². The molecule has 0 aliphatic rings. The molecule has 0 spiro atoms. The second-order valence-corrected chi connectivity index (χ2v) is 7.29. The van der Waals surface area contributed by atoms with Crippen molar-refractivity contribution in [1.29, 1.82) is 0 Å². The summed E-state index contributed by atoms with van der Waals surface area (Å²) >= 11 is 0. The normalized spacial score (nSPS) is 11.0. The van der Waals surface area contributed by atoms with Crippen LogP contribution < -0.4 is 0 Å². The molecular weight excluding hydrogens is 300 g/mol. The fourth-order valence-electron chi connectivity index (χ4n) is 3.66. The SMILES string of the molecule is CCCCCCCc1ccccc1-c1ccccc1CCCCCC. The average Bonchev–Trinajstić information content (AvgIpc) is 2.66. The third-order valence-corrected chi connectivity index (χ3v) is 5.17. The van der Waals surface area contributed by atoms with Gasteiger partial charge in [-0.1, -0.05) is 107 Å². The molecule has 0 unspecified atom stereocenters. The Labute approximate surface area is 155 Å². The van der Waals surface area contributed by atoms with Gasteiger partial charge < -0.3 is 0 Å². The molecule has 0 radical (unpaired) electrons. The summed E-state index contributed by atoms with van der Waals surface area (Å²) in [6.07, 6.45) is 14.5. The molecule has 0 aliphatic heterocycles. The minimum absolute atomic E-state index is 1.21. The van der Waals surface area contributed by atoms with Crippen LogP contribution in [0.3, 0.4) is 0 Å². The van der Waals surface area contributed by atoms with Crippen molar-refractivity contribution in [2.45, 2.75) is 84.5 Å². The van der Waals surface area contributed by atoms with Gasteiger partial charge in [0.25, 0.3) is 0 Å². The zero-order valence-corrected chi connectivity index (χ0v) is 16.4. The molecule has 0 aromatic heterocycles. The lowest BCUT2D eigenvalue weighted by molar-refractivity contribution is 0.632. The second-order valence-electron chi connectivity index (χ2n) is 7.29. The van der Waals surface area contributed by atoms with Crippen LogP contribution in [0.15, 0.2) is 48.5 Å². The van der Waals surface area contributed by atoms with Crippen LogP contribution in [0.2, 0.25) is 0 Å². The molecule has 0 atom stereocenters. The van der Waals surface area contributed by atoms with Crippen molar-refractivity contribution in [2.75, 3.05) is 0 Å². The summed E-state index contributed by atoms with van der Waals surface area (Å²) in [5.41, 5.74) is 5.98. The fraction of sp³-hybridized carbons (Fsp3) is 0.520. The highest BCUT2D eigenvalue weighted by atomic mass is 14.1. The van der Waals surface area contributed by atoms with E-state index in [1.807, 2.05) is 0 Å². The number of hydrogen-bond acceptors (Lipinski definition) is 0. The van der Waals surface area contributed by atoms with E-state index in [2.05, 4.69) is 62.4 Å². The first-order valence-electron chi connectivity index (χ1n) is 10.5. The third kappa shape index (κ3) is 6.69. The van der Waals surface area contributed by atoms with E-state index in [1.165, 1.54) is 92.9 Å². The van der Waals surface area contributed by atoms with E-state index in [1.54, 1.807) is 0 Å². The van der Waals surface area contributed by atoms with E-state index in [4.69, 9.17) is 0 Å². The van der Waals surface area contributed by atoms with Gasteiger partial charge in [-0.05, 0) is 47.9 Å². The molecule has 25 heavy (non-hydrogen) atoms. The number of hydrogen-bond donors (Lipinski definition) is 0. The minimum Gasteiger partial charge on any atom is -0.0654 e. The van der Waals surface area contributed by atoms with Crippen LogP contribution in [0.5, 0.6) is 0 Å². The molecule has 0 heteroatoms. The molecule has 0 aliphatic carbocycles. The fourth-order valence-corrected chi connectivity index (χ4v) is 3.66. The van der Waals surface area contributed by atoms with Gasteiger partial charge in [-0.2, -0.15) is 0 Å². The number of unbranched alkanes of at least 4 members (excludes halogenated alkanes) is 7. The Bertz CT molecular complexity index is 596. The van der Waals surface area contributed by atoms with E-state index in [9.17, 15) is 0 Å². The standard InChI is InChI=1S/C25H36/c1-3-5-7-9-11-17-23-19-13-15-21-25(23)24-20-14-12-18-22(24)16-10-8-6-4-2/h12-15,18-21H,3-11,16-17H2,1-2H3. The molecule has 0 heterocycles.